The van der Waals surface area contributed by atoms with Crippen LogP contribution in [0.15, 0.2) is 42.5 Å². The van der Waals surface area contributed by atoms with Gasteiger partial charge in [-0.2, -0.15) is 8.78 Å². The molecule has 3 aromatic rings. The van der Waals surface area contributed by atoms with Crippen LogP contribution < -0.4 is 15.2 Å². The number of nitrogens with zero attached hydrogens (tertiary/aromatic N) is 1. The minimum absolute atomic E-state index is 0.00988. The van der Waals surface area contributed by atoms with Crippen LogP contribution in [0.4, 0.5) is 20.2 Å². The molecule has 0 aliphatic heterocycles. The second-order valence-electron chi connectivity index (χ2n) is 7.28. The van der Waals surface area contributed by atoms with Crippen molar-refractivity contribution in [2.45, 2.75) is 39.8 Å². The Hall–Kier alpha value is -2.81. The Morgan fingerprint density at radius 2 is 1.80 bits per heavy atom. The molecule has 1 aromatic heterocycles. The molecule has 2 aromatic carbocycles. The average molecular weight is 438 g/mol. The fourth-order valence-corrected chi connectivity index (χ4v) is 4.65. The largest absolute Gasteiger partial charge is 0.435 e. The topological polar surface area (TPSA) is 86.3 Å². The van der Waals surface area contributed by atoms with E-state index in [4.69, 9.17) is 5.73 Å². The molecule has 162 valence electrons. The van der Waals surface area contributed by atoms with Crippen molar-refractivity contribution in [1.82, 2.24) is 4.57 Å². The zero-order chi connectivity index (χ0) is 22.1. The first-order valence-electron chi connectivity index (χ1n) is 9.62. The van der Waals surface area contributed by atoms with Gasteiger partial charge >= 0.3 is 6.61 Å². The molecule has 0 radical (unpaired) electrons. The highest BCUT2D eigenvalue weighted by Gasteiger charge is 2.20. The van der Waals surface area contributed by atoms with Crippen molar-refractivity contribution in [2.24, 2.45) is 0 Å². The van der Waals surface area contributed by atoms with Gasteiger partial charge in [-0.1, -0.05) is 19.1 Å². The highest BCUT2D eigenvalue weighted by Crippen LogP contribution is 2.40. The molecule has 6 nitrogen and oxygen atoms in total. The molecule has 0 aliphatic carbocycles. The lowest BCUT2D eigenvalue weighted by atomic mass is 10.1. The molecular weight excluding hydrogens is 412 g/mol. The highest BCUT2D eigenvalue weighted by molar-refractivity contribution is 7.92. The highest BCUT2D eigenvalue weighted by atomic mass is 32.2. The van der Waals surface area contributed by atoms with Crippen molar-refractivity contribution in [3.8, 4) is 17.0 Å². The molecule has 0 atom stereocenters. The van der Waals surface area contributed by atoms with Crippen molar-refractivity contribution in [3.05, 3.63) is 42.5 Å². The standard InChI is InChI=1S/C21H25F2N3O3S/c1-4-11-30(27,28)25-15-7-5-14(6-8-15)20-19(24)17-10-9-16(29-21(22)23)12-18(17)26(20)13(2)3/h5-10,12-13,21,25H,4,11,24H2,1-3H3. The fraction of sp³-hybridized carbons (Fsp3) is 0.333. The number of anilines is 2. The van der Waals surface area contributed by atoms with E-state index < -0.39 is 16.6 Å². The first-order chi connectivity index (χ1) is 14.1. The molecule has 0 bridgehead atoms. The van der Waals surface area contributed by atoms with Gasteiger partial charge < -0.3 is 15.0 Å². The lowest BCUT2D eigenvalue weighted by Gasteiger charge is -2.16. The van der Waals surface area contributed by atoms with Crippen molar-refractivity contribution in [3.63, 3.8) is 0 Å². The quantitative estimate of drug-likeness (QED) is 0.506. The number of aromatic nitrogens is 1. The number of nitrogen functional groups attached to an aromatic ring is 1. The monoisotopic (exact) mass is 437 g/mol. The van der Waals surface area contributed by atoms with Crippen LogP contribution in [0.5, 0.6) is 5.75 Å². The van der Waals surface area contributed by atoms with Crippen molar-refractivity contribution >= 4 is 32.3 Å². The molecule has 0 aliphatic rings. The van der Waals surface area contributed by atoms with Gasteiger partial charge in [0.15, 0.2) is 0 Å². The van der Waals surface area contributed by atoms with Crippen molar-refractivity contribution < 1.29 is 21.9 Å². The van der Waals surface area contributed by atoms with E-state index in [2.05, 4.69) is 9.46 Å². The van der Waals surface area contributed by atoms with Crippen LogP contribution in [0.1, 0.15) is 33.2 Å². The lowest BCUT2D eigenvalue weighted by molar-refractivity contribution is -0.0497. The number of alkyl halides is 2. The summed E-state index contributed by atoms with van der Waals surface area (Å²) in [7, 11) is -3.38. The molecule has 1 heterocycles. The number of hydrogen-bond acceptors (Lipinski definition) is 4. The zero-order valence-corrected chi connectivity index (χ0v) is 17.8. The van der Waals surface area contributed by atoms with Gasteiger partial charge in [-0.25, -0.2) is 8.42 Å². The maximum atomic E-state index is 12.6. The molecule has 3 rings (SSSR count). The Balaban J connectivity index is 2.07. The van der Waals surface area contributed by atoms with E-state index in [-0.39, 0.29) is 17.5 Å². The summed E-state index contributed by atoms with van der Waals surface area (Å²) in [5, 5.41) is 0.730. The van der Waals surface area contributed by atoms with E-state index in [1.165, 1.54) is 6.07 Å². The number of fused-ring (bicyclic) bond motifs is 1. The second kappa shape index (κ2) is 8.51. The molecule has 0 amide bonds. The van der Waals surface area contributed by atoms with E-state index in [9.17, 15) is 17.2 Å². The summed E-state index contributed by atoms with van der Waals surface area (Å²) in [5.41, 5.74) is 9.60. The SMILES string of the molecule is CCCS(=O)(=O)Nc1ccc(-c2c(N)c3ccc(OC(F)F)cc3n2C(C)C)cc1. The maximum Gasteiger partial charge on any atom is 0.387 e. The van der Waals surface area contributed by atoms with Crippen molar-refractivity contribution in [1.29, 1.82) is 0 Å². The average Bonchev–Trinajstić information content (AvgIpc) is 2.94. The fourth-order valence-electron chi connectivity index (χ4n) is 3.52. The summed E-state index contributed by atoms with van der Waals surface area (Å²) in [4.78, 5) is 0. The number of halogens is 2. The zero-order valence-electron chi connectivity index (χ0n) is 17.0. The van der Waals surface area contributed by atoms with Gasteiger partial charge in [0.25, 0.3) is 0 Å². The molecule has 30 heavy (non-hydrogen) atoms. The summed E-state index contributed by atoms with van der Waals surface area (Å²) in [6.07, 6.45) is 0.524. The van der Waals surface area contributed by atoms with Gasteiger partial charge in [0.2, 0.25) is 10.0 Å². The van der Waals surface area contributed by atoms with E-state index in [1.807, 2.05) is 18.4 Å². The third-order valence-corrected chi connectivity index (χ3v) is 6.15. The number of nitrogens with two attached hydrogens (primary N) is 1. The van der Waals surface area contributed by atoms with Crippen LogP contribution in [-0.4, -0.2) is 25.3 Å². The van der Waals surface area contributed by atoms with E-state index in [1.54, 1.807) is 43.3 Å². The molecular formula is C21H25F2N3O3S. The molecule has 0 spiro atoms. The first kappa shape index (κ1) is 21.9. The molecule has 0 saturated carbocycles. The molecule has 9 heteroatoms. The van der Waals surface area contributed by atoms with Crippen molar-refractivity contribution in [2.75, 3.05) is 16.2 Å². The molecule has 0 saturated heterocycles. The van der Waals surface area contributed by atoms with E-state index in [0.29, 0.717) is 23.3 Å². The van der Waals surface area contributed by atoms with Crippen LogP contribution in [0.3, 0.4) is 0 Å². The maximum absolute atomic E-state index is 12.6. The molecule has 0 unspecified atom stereocenters. The van der Waals surface area contributed by atoms with E-state index >= 15 is 0 Å². The minimum Gasteiger partial charge on any atom is -0.435 e. The van der Waals surface area contributed by atoms with Crippen LogP contribution in [0, 0.1) is 0 Å². The van der Waals surface area contributed by atoms with Crippen LogP contribution in [0.25, 0.3) is 22.2 Å². The molecule has 3 N–H and O–H groups in total. The van der Waals surface area contributed by atoms with Gasteiger partial charge in [-0.05, 0) is 44.5 Å². The number of sulfonamides is 1. The van der Waals surface area contributed by atoms with Gasteiger partial charge in [-0.3, -0.25) is 4.72 Å². The molecule has 0 fully saturated rings. The van der Waals surface area contributed by atoms with E-state index in [0.717, 1.165) is 16.6 Å². The normalized spacial score (nSPS) is 12.1. The predicted octanol–water partition coefficient (Wildman–Crippen LogP) is 5.22. The number of benzene rings is 2. The Morgan fingerprint density at radius 1 is 1.13 bits per heavy atom. The van der Waals surface area contributed by atoms with Gasteiger partial charge in [-0.15, -0.1) is 0 Å². The second-order valence-corrected chi connectivity index (χ2v) is 9.12. The minimum atomic E-state index is -3.38. The Labute approximate surface area is 174 Å². The van der Waals surface area contributed by atoms with Crippen LogP contribution in [-0.2, 0) is 10.0 Å². The Morgan fingerprint density at radius 3 is 2.37 bits per heavy atom. The van der Waals surface area contributed by atoms with Gasteiger partial charge in [0, 0.05) is 28.7 Å². The number of ether oxygens (including phenoxy) is 1. The third-order valence-electron chi connectivity index (χ3n) is 4.66. The third kappa shape index (κ3) is 4.51. The number of nitrogens with one attached hydrogen (secondary N) is 1. The van der Waals surface area contributed by atoms with Gasteiger partial charge in [0.05, 0.1) is 22.7 Å². The Bertz CT molecular complexity index is 1140. The van der Waals surface area contributed by atoms with Crippen LogP contribution in [0.2, 0.25) is 0 Å². The predicted molar refractivity (Wildman–Crippen MR) is 117 cm³/mol. The summed E-state index contributed by atoms with van der Waals surface area (Å²) in [5.74, 6) is 0.107. The summed E-state index contributed by atoms with van der Waals surface area (Å²) < 4.78 is 58.3. The summed E-state index contributed by atoms with van der Waals surface area (Å²) in [6, 6.07) is 11.6. The lowest BCUT2D eigenvalue weighted by Crippen LogP contribution is -2.15. The number of rotatable bonds is 8. The number of hydrogen-bond donors (Lipinski definition) is 2. The van der Waals surface area contributed by atoms with Gasteiger partial charge in [0.1, 0.15) is 5.75 Å². The Kier molecular flexibility index (Phi) is 6.21. The summed E-state index contributed by atoms with van der Waals surface area (Å²) >= 11 is 0. The van der Waals surface area contributed by atoms with Crippen LogP contribution >= 0.6 is 0 Å². The summed E-state index contributed by atoms with van der Waals surface area (Å²) in [6.45, 7) is 2.82. The smallest absolute Gasteiger partial charge is 0.387 e. The first-order valence-corrected chi connectivity index (χ1v) is 11.3.